The van der Waals surface area contributed by atoms with Gasteiger partial charge in [0.15, 0.2) is 0 Å². The summed E-state index contributed by atoms with van der Waals surface area (Å²) in [5.74, 6) is -1.63. The molecule has 0 spiro atoms. The summed E-state index contributed by atoms with van der Waals surface area (Å²) < 4.78 is 27.5. The van der Waals surface area contributed by atoms with Crippen molar-refractivity contribution in [2.75, 3.05) is 6.50 Å². The lowest BCUT2D eigenvalue weighted by molar-refractivity contribution is -0.138. The van der Waals surface area contributed by atoms with Crippen LogP contribution >= 0.6 is 24.8 Å². The Hall–Kier alpha value is -0.0300. The van der Waals surface area contributed by atoms with Gasteiger partial charge < -0.3 is 16.6 Å². The summed E-state index contributed by atoms with van der Waals surface area (Å²) in [6.07, 6.45) is -2.79. The van der Waals surface area contributed by atoms with Gasteiger partial charge in [-0.15, -0.1) is 24.8 Å². The van der Waals surface area contributed by atoms with Crippen LogP contribution in [0.2, 0.25) is 0 Å². The second kappa shape index (κ2) is 8.97. The maximum Gasteiger partial charge on any atom is 0.320 e. The predicted octanol–water partition coefficient (Wildman–Crippen LogP) is -0.409. The van der Waals surface area contributed by atoms with Gasteiger partial charge in [0.25, 0.3) is 0 Å². The average Bonchev–Trinajstić information content (AvgIpc) is 1.83. The van der Waals surface area contributed by atoms with Crippen molar-refractivity contribution in [2.24, 2.45) is 11.5 Å². The molecule has 0 aromatic heterocycles. The van der Waals surface area contributed by atoms with E-state index in [1.807, 2.05) is 0 Å². The molecule has 0 saturated heterocycles. The van der Waals surface area contributed by atoms with Crippen LogP contribution in [0.1, 0.15) is 11.9 Å². The molecule has 0 saturated carbocycles. The monoisotopic (exact) mass is 194 g/mol. The predicted molar refractivity (Wildman–Crippen MR) is 43.8 cm³/mol. The van der Waals surface area contributed by atoms with Gasteiger partial charge in [-0.25, -0.2) is 0 Å². The topological polar surface area (TPSA) is 89.3 Å². The molecule has 0 bridgehead atoms. The molecule has 0 radical (unpaired) electrons. The molecule has 0 aliphatic carbocycles. The Morgan fingerprint density at radius 3 is 2.20 bits per heavy atom. The first kappa shape index (κ1) is 6.67. The Kier molecular flexibility index (Phi) is 5.98. The van der Waals surface area contributed by atoms with E-state index in [-0.39, 0.29) is 24.8 Å². The van der Waals surface area contributed by atoms with Crippen LogP contribution < -0.4 is 11.5 Å². The van der Waals surface area contributed by atoms with E-state index in [2.05, 4.69) is 0 Å². The molecule has 0 rings (SSSR count). The fourth-order valence-electron chi connectivity index (χ4n) is 0.152. The zero-order chi connectivity index (χ0) is 10.2. The summed E-state index contributed by atoms with van der Waals surface area (Å²) in [5.41, 5.74) is 9.65. The van der Waals surface area contributed by atoms with Gasteiger partial charge in [-0.05, 0) is 12.9 Å². The molecule has 4 nitrogen and oxygen atoms in total. The second-order valence-corrected chi connectivity index (χ2v) is 1.10. The third-order valence-corrected chi connectivity index (χ3v) is 0.505. The number of carbonyl (C=O) groups is 1. The summed E-state index contributed by atoms with van der Waals surface area (Å²) in [4.78, 5) is 10.2. The smallest absolute Gasteiger partial charge is 0.320 e. The number of rotatable bonds is 3. The minimum atomic E-state index is -2.79. The molecule has 0 amide bonds. The zero-order valence-electron chi connectivity index (χ0n) is 8.90. The first-order valence-electron chi connectivity index (χ1n) is 3.88. The van der Waals surface area contributed by atoms with E-state index in [1.54, 1.807) is 0 Å². The SMILES string of the molecule is Cl.Cl.[2H]C([2H])(N)C([2H])([2H])C(N)C(=O)O. The maximum atomic E-state index is 10.2. The Balaban J connectivity index is -0.000000605. The number of halogens is 2. The lowest BCUT2D eigenvalue weighted by Crippen LogP contribution is -2.32. The average molecular weight is 195 g/mol. The van der Waals surface area contributed by atoms with Crippen molar-refractivity contribution in [3.05, 3.63) is 0 Å². The molecular formula is C4H12Cl2N2O2. The highest BCUT2D eigenvalue weighted by molar-refractivity contribution is 5.85. The third kappa shape index (κ3) is 7.97. The van der Waals surface area contributed by atoms with Crippen molar-refractivity contribution in [1.29, 1.82) is 0 Å². The summed E-state index contributed by atoms with van der Waals surface area (Å²) in [6, 6.07) is -1.97. The summed E-state index contributed by atoms with van der Waals surface area (Å²) in [5, 5.41) is 8.29. The van der Waals surface area contributed by atoms with Crippen LogP contribution in [0.25, 0.3) is 0 Å². The fraction of sp³-hybridized carbons (Fsp3) is 0.750. The van der Waals surface area contributed by atoms with Gasteiger partial charge in [0.2, 0.25) is 0 Å². The van der Waals surface area contributed by atoms with Gasteiger partial charge in [-0.2, -0.15) is 0 Å². The van der Waals surface area contributed by atoms with E-state index >= 15 is 0 Å². The van der Waals surface area contributed by atoms with Crippen LogP contribution in [-0.4, -0.2) is 23.6 Å². The quantitative estimate of drug-likeness (QED) is 0.571. The van der Waals surface area contributed by atoms with Gasteiger partial charge in [-0.1, -0.05) is 0 Å². The Labute approximate surface area is 77.4 Å². The summed E-state index contributed by atoms with van der Waals surface area (Å²) in [6.45, 7) is -2.77. The number of hydrogen-bond acceptors (Lipinski definition) is 3. The van der Waals surface area contributed by atoms with E-state index in [9.17, 15) is 4.79 Å². The van der Waals surface area contributed by atoms with Crippen LogP contribution in [-0.2, 0) is 4.79 Å². The lowest BCUT2D eigenvalue weighted by Gasteiger charge is -2.00. The Morgan fingerprint density at radius 2 is 2.10 bits per heavy atom. The van der Waals surface area contributed by atoms with Crippen LogP contribution in [0.4, 0.5) is 0 Å². The minimum Gasteiger partial charge on any atom is -0.480 e. The molecule has 1 atom stereocenters. The number of hydrogen-bond donors (Lipinski definition) is 3. The normalized spacial score (nSPS) is 19.4. The van der Waals surface area contributed by atoms with Crippen LogP contribution in [0.3, 0.4) is 0 Å². The third-order valence-electron chi connectivity index (χ3n) is 0.505. The minimum absolute atomic E-state index is 0. The molecule has 10 heavy (non-hydrogen) atoms. The highest BCUT2D eigenvalue weighted by Gasteiger charge is 2.07. The first-order chi connectivity index (χ1) is 5.10. The van der Waals surface area contributed by atoms with Gasteiger partial charge in [0.1, 0.15) is 6.04 Å². The van der Waals surface area contributed by atoms with Gasteiger partial charge >= 0.3 is 5.97 Å². The van der Waals surface area contributed by atoms with Crippen molar-refractivity contribution >= 4 is 30.8 Å². The zero-order valence-corrected chi connectivity index (χ0v) is 6.54. The summed E-state index contributed by atoms with van der Waals surface area (Å²) >= 11 is 0. The standard InChI is InChI=1S/C4H10N2O2.2ClH/c5-2-1-3(6)4(7)8;;/h3H,1-2,5-6H2,(H,7,8);2*1H/i1D2,2D2;;. The number of carboxylic acid groups (broad SMARTS) is 1. The molecule has 0 fully saturated rings. The molecule has 64 valence electrons. The van der Waals surface area contributed by atoms with Crippen molar-refractivity contribution in [3.63, 3.8) is 0 Å². The van der Waals surface area contributed by atoms with Gasteiger partial charge in [-0.3, -0.25) is 4.79 Å². The molecule has 1 unspecified atom stereocenters. The number of nitrogens with two attached hydrogens (primary N) is 2. The maximum absolute atomic E-state index is 10.2. The number of carboxylic acids is 1. The van der Waals surface area contributed by atoms with E-state index < -0.39 is 24.9 Å². The van der Waals surface area contributed by atoms with E-state index in [1.165, 1.54) is 0 Å². The first-order valence-corrected chi connectivity index (χ1v) is 1.88. The summed E-state index contributed by atoms with van der Waals surface area (Å²) in [7, 11) is 0. The molecule has 0 aliphatic heterocycles. The molecule has 5 N–H and O–H groups in total. The Morgan fingerprint density at radius 1 is 1.70 bits per heavy atom. The second-order valence-electron chi connectivity index (χ2n) is 1.10. The largest absolute Gasteiger partial charge is 0.480 e. The molecule has 6 heteroatoms. The highest BCUT2D eigenvalue weighted by Crippen LogP contribution is 1.82. The molecular weight excluding hydrogens is 179 g/mol. The van der Waals surface area contributed by atoms with Crippen LogP contribution in [0, 0.1) is 0 Å². The van der Waals surface area contributed by atoms with Gasteiger partial charge in [0, 0.05) is 5.48 Å². The van der Waals surface area contributed by atoms with Crippen molar-refractivity contribution < 1.29 is 15.4 Å². The van der Waals surface area contributed by atoms with E-state index in [0.29, 0.717) is 0 Å². The van der Waals surface area contributed by atoms with Crippen LogP contribution in [0.15, 0.2) is 0 Å². The van der Waals surface area contributed by atoms with E-state index in [0.717, 1.165) is 0 Å². The van der Waals surface area contributed by atoms with Crippen molar-refractivity contribution in [2.45, 2.75) is 12.4 Å². The molecule has 0 heterocycles. The number of aliphatic carboxylic acids is 1. The fourth-order valence-corrected chi connectivity index (χ4v) is 0.152. The van der Waals surface area contributed by atoms with Crippen molar-refractivity contribution in [1.82, 2.24) is 0 Å². The van der Waals surface area contributed by atoms with Gasteiger partial charge in [0.05, 0.1) is 0 Å². The lowest BCUT2D eigenvalue weighted by atomic mass is 10.2. The molecule has 0 aliphatic rings. The highest BCUT2D eigenvalue weighted by atomic mass is 35.5. The van der Waals surface area contributed by atoms with E-state index in [4.69, 9.17) is 22.1 Å². The van der Waals surface area contributed by atoms with Crippen molar-refractivity contribution in [3.8, 4) is 0 Å². The Bertz CT molecular complexity index is 198. The molecule has 0 aromatic carbocycles. The molecule has 0 aromatic rings. The van der Waals surface area contributed by atoms with Crippen LogP contribution in [0.5, 0.6) is 0 Å².